The molecular formula is C16H18ClNO5. The van der Waals surface area contributed by atoms with Gasteiger partial charge in [0.05, 0.1) is 16.7 Å². The maximum Gasteiger partial charge on any atom is 0.339 e. The smallest absolute Gasteiger partial charge is 0.339 e. The Kier molecular flexibility index (Phi) is 5.50. The lowest BCUT2D eigenvalue weighted by Gasteiger charge is -2.19. The highest BCUT2D eigenvalue weighted by Gasteiger charge is 2.21. The Morgan fingerprint density at radius 3 is 2.61 bits per heavy atom. The van der Waals surface area contributed by atoms with Gasteiger partial charge in [-0.1, -0.05) is 11.6 Å². The fourth-order valence-electron chi connectivity index (χ4n) is 1.96. The number of rotatable bonds is 4. The average molecular weight is 340 g/mol. The molecule has 0 atom stereocenters. The number of carbonyl (C=O) groups is 2. The van der Waals surface area contributed by atoms with Crippen molar-refractivity contribution < 1.29 is 23.8 Å². The van der Waals surface area contributed by atoms with Crippen LogP contribution in [0.25, 0.3) is 0 Å². The Morgan fingerprint density at radius 2 is 1.96 bits per heavy atom. The number of carbonyl (C=O) groups excluding carboxylic acids is 2. The Bertz CT molecular complexity index is 654. The minimum Gasteiger partial charge on any atom is -0.491 e. The summed E-state index contributed by atoms with van der Waals surface area (Å²) in [5.41, 5.74) is 0.592. The molecule has 0 spiro atoms. The molecule has 124 valence electrons. The monoisotopic (exact) mass is 339 g/mol. The summed E-state index contributed by atoms with van der Waals surface area (Å²) in [6.07, 6.45) is -0.266. The van der Waals surface area contributed by atoms with Crippen LogP contribution in [0, 0.1) is 0 Å². The molecule has 1 heterocycles. The Morgan fingerprint density at radius 1 is 1.26 bits per heavy atom. The lowest BCUT2D eigenvalue weighted by atomic mass is 10.2. The quantitative estimate of drug-likeness (QED) is 0.853. The maximum atomic E-state index is 12.2. The van der Waals surface area contributed by atoms with Crippen molar-refractivity contribution >= 4 is 29.2 Å². The SMILES string of the molecule is CC1=C(C(=O)Nc2ccc(Cl)c(C(=O)OC(C)C)c2)OCCO1. The van der Waals surface area contributed by atoms with Gasteiger partial charge in [-0.15, -0.1) is 0 Å². The van der Waals surface area contributed by atoms with E-state index in [2.05, 4.69) is 5.32 Å². The van der Waals surface area contributed by atoms with Gasteiger partial charge in [-0.2, -0.15) is 0 Å². The van der Waals surface area contributed by atoms with Gasteiger partial charge in [0.25, 0.3) is 5.91 Å². The van der Waals surface area contributed by atoms with Crippen LogP contribution in [0.4, 0.5) is 5.69 Å². The summed E-state index contributed by atoms with van der Waals surface area (Å²) in [6.45, 7) is 5.86. The number of nitrogens with one attached hydrogen (secondary N) is 1. The number of esters is 1. The first-order chi connectivity index (χ1) is 10.9. The molecular weight excluding hydrogens is 322 g/mol. The Labute approximate surface area is 139 Å². The number of ether oxygens (including phenoxy) is 3. The topological polar surface area (TPSA) is 73.9 Å². The van der Waals surface area contributed by atoms with Gasteiger partial charge in [-0.05, 0) is 39.0 Å². The van der Waals surface area contributed by atoms with Crippen LogP contribution in [0.1, 0.15) is 31.1 Å². The van der Waals surface area contributed by atoms with Crippen molar-refractivity contribution in [3.05, 3.63) is 40.3 Å². The second-order valence-corrected chi connectivity index (χ2v) is 5.59. The van der Waals surface area contributed by atoms with Gasteiger partial charge < -0.3 is 19.5 Å². The van der Waals surface area contributed by atoms with E-state index >= 15 is 0 Å². The molecule has 0 aromatic heterocycles. The zero-order chi connectivity index (χ0) is 17.0. The summed E-state index contributed by atoms with van der Waals surface area (Å²) in [5, 5.41) is 2.90. The summed E-state index contributed by atoms with van der Waals surface area (Å²) in [5.74, 6) is -0.457. The molecule has 1 amide bonds. The molecule has 1 aromatic rings. The molecule has 0 fully saturated rings. The molecule has 0 radical (unpaired) electrons. The first-order valence-electron chi connectivity index (χ1n) is 7.17. The predicted octanol–water partition coefficient (Wildman–Crippen LogP) is 3.12. The van der Waals surface area contributed by atoms with Crippen LogP contribution in [0.15, 0.2) is 29.7 Å². The molecule has 0 bridgehead atoms. The third-order valence-electron chi connectivity index (χ3n) is 2.96. The van der Waals surface area contributed by atoms with E-state index in [4.69, 9.17) is 25.8 Å². The number of hydrogen-bond acceptors (Lipinski definition) is 5. The molecule has 0 aliphatic carbocycles. The van der Waals surface area contributed by atoms with Crippen LogP contribution in [0.2, 0.25) is 5.02 Å². The Balaban J connectivity index is 2.18. The maximum absolute atomic E-state index is 12.2. The molecule has 1 aromatic carbocycles. The average Bonchev–Trinajstić information content (AvgIpc) is 2.48. The van der Waals surface area contributed by atoms with Gasteiger partial charge >= 0.3 is 5.97 Å². The third kappa shape index (κ3) is 4.39. The van der Waals surface area contributed by atoms with Crippen molar-refractivity contribution in [2.45, 2.75) is 26.9 Å². The van der Waals surface area contributed by atoms with Crippen molar-refractivity contribution in [3.8, 4) is 0 Å². The lowest BCUT2D eigenvalue weighted by molar-refractivity contribution is -0.117. The van der Waals surface area contributed by atoms with Crippen molar-refractivity contribution in [1.29, 1.82) is 0 Å². The van der Waals surface area contributed by atoms with Crippen LogP contribution in [0.3, 0.4) is 0 Å². The first kappa shape index (κ1) is 17.1. The van der Waals surface area contributed by atoms with Crippen LogP contribution in [-0.4, -0.2) is 31.2 Å². The van der Waals surface area contributed by atoms with Crippen LogP contribution < -0.4 is 5.32 Å². The molecule has 2 rings (SSSR count). The van der Waals surface area contributed by atoms with Gasteiger partial charge in [0, 0.05) is 5.69 Å². The number of amides is 1. The van der Waals surface area contributed by atoms with Gasteiger partial charge in [0.1, 0.15) is 19.0 Å². The summed E-state index contributed by atoms with van der Waals surface area (Å²) >= 11 is 6.02. The summed E-state index contributed by atoms with van der Waals surface area (Å²) in [7, 11) is 0. The minimum atomic E-state index is -0.547. The van der Waals surface area contributed by atoms with E-state index in [1.165, 1.54) is 12.1 Å². The zero-order valence-electron chi connectivity index (χ0n) is 13.1. The molecule has 1 N–H and O–H groups in total. The second-order valence-electron chi connectivity index (χ2n) is 5.19. The van der Waals surface area contributed by atoms with Crippen molar-refractivity contribution in [2.24, 2.45) is 0 Å². The number of allylic oxidation sites excluding steroid dienone is 1. The van der Waals surface area contributed by atoms with Gasteiger partial charge in [0.15, 0.2) is 0 Å². The highest BCUT2D eigenvalue weighted by Crippen LogP contribution is 2.23. The molecule has 0 saturated carbocycles. The zero-order valence-corrected chi connectivity index (χ0v) is 13.9. The fraction of sp³-hybridized carbons (Fsp3) is 0.375. The first-order valence-corrected chi connectivity index (χ1v) is 7.54. The van der Waals surface area contributed by atoms with Gasteiger partial charge in [0.2, 0.25) is 5.76 Å². The van der Waals surface area contributed by atoms with Crippen LogP contribution in [-0.2, 0) is 19.0 Å². The summed E-state index contributed by atoms with van der Waals surface area (Å²) < 4.78 is 15.7. The van der Waals surface area contributed by atoms with Crippen molar-refractivity contribution in [3.63, 3.8) is 0 Å². The number of benzene rings is 1. The molecule has 0 unspecified atom stereocenters. The number of anilines is 1. The number of halogens is 1. The Hall–Kier alpha value is -2.21. The van der Waals surface area contributed by atoms with Crippen molar-refractivity contribution in [2.75, 3.05) is 18.5 Å². The van der Waals surface area contributed by atoms with E-state index in [0.29, 0.717) is 24.7 Å². The fourth-order valence-corrected chi connectivity index (χ4v) is 2.15. The highest BCUT2D eigenvalue weighted by atomic mass is 35.5. The second kappa shape index (κ2) is 7.37. The standard InChI is InChI=1S/C16H18ClNO5/c1-9(2)23-16(20)12-8-11(4-5-13(12)17)18-15(19)14-10(3)21-6-7-22-14/h4-5,8-9H,6-7H2,1-3H3,(H,18,19). The van der Waals surface area contributed by atoms with Gasteiger partial charge in [-0.3, -0.25) is 4.79 Å². The van der Waals surface area contributed by atoms with E-state index in [9.17, 15) is 9.59 Å². The van der Waals surface area contributed by atoms with E-state index in [0.717, 1.165) is 0 Å². The van der Waals surface area contributed by atoms with Crippen molar-refractivity contribution in [1.82, 2.24) is 0 Å². The molecule has 1 aliphatic heterocycles. The largest absolute Gasteiger partial charge is 0.491 e. The predicted molar refractivity (Wildman–Crippen MR) is 85.2 cm³/mol. The molecule has 6 nitrogen and oxygen atoms in total. The van der Waals surface area contributed by atoms with E-state index in [1.807, 2.05) is 0 Å². The highest BCUT2D eigenvalue weighted by molar-refractivity contribution is 6.33. The number of hydrogen-bond donors (Lipinski definition) is 1. The molecule has 0 saturated heterocycles. The minimum absolute atomic E-state index is 0.123. The molecule has 23 heavy (non-hydrogen) atoms. The van der Waals surface area contributed by atoms with Crippen LogP contribution >= 0.6 is 11.6 Å². The van der Waals surface area contributed by atoms with E-state index < -0.39 is 11.9 Å². The van der Waals surface area contributed by atoms with E-state index in [-0.39, 0.29) is 22.4 Å². The van der Waals surface area contributed by atoms with Crippen LogP contribution in [0.5, 0.6) is 0 Å². The normalized spacial score (nSPS) is 14.1. The van der Waals surface area contributed by atoms with E-state index in [1.54, 1.807) is 26.8 Å². The molecule has 7 heteroatoms. The third-order valence-corrected chi connectivity index (χ3v) is 3.29. The van der Waals surface area contributed by atoms with Gasteiger partial charge in [-0.25, -0.2) is 4.79 Å². The summed E-state index contributed by atoms with van der Waals surface area (Å²) in [4.78, 5) is 24.2. The summed E-state index contributed by atoms with van der Waals surface area (Å²) in [6, 6.07) is 4.57. The lowest BCUT2D eigenvalue weighted by Crippen LogP contribution is -2.23. The molecule has 1 aliphatic rings.